The van der Waals surface area contributed by atoms with Crippen LogP contribution in [0.3, 0.4) is 0 Å². The van der Waals surface area contributed by atoms with Crippen LogP contribution in [0.5, 0.6) is 0 Å². The third-order valence-electron chi connectivity index (χ3n) is 4.39. The van der Waals surface area contributed by atoms with E-state index in [0.717, 1.165) is 41.4 Å². The van der Waals surface area contributed by atoms with Gasteiger partial charge >= 0.3 is 0 Å². The molecule has 0 aliphatic carbocycles. The molecule has 1 aliphatic rings. The summed E-state index contributed by atoms with van der Waals surface area (Å²) in [7, 11) is 0. The van der Waals surface area contributed by atoms with Gasteiger partial charge in [0.25, 0.3) is 5.91 Å². The first kappa shape index (κ1) is 18.3. The number of rotatable bonds is 4. The summed E-state index contributed by atoms with van der Waals surface area (Å²) in [6.45, 7) is 3.49. The van der Waals surface area contributed by atoms with E-state index in [4.69, 9.17) is 5.73 Å². The molecule has 1 aliphatic heterocycles. The van der Waals surface area contributed by atoms with Gasteiger partial charge in [0, 0.05) is 41.5 Å². The highest BCUT2D eigenvalue weighted by Crippen LogP contribution is 2.20. The van der Waals surface area contributed by atoms with Gasteiger partial charge in [-0.2, -0.15) is 11.8 Å². The van der Waals surface area contributed by atoms with E-state index in [1.165, 1.54) is 0 Å². The molecule has 0 radical (unpaired) electrons. The number of nitrogens with one attached hydrogen (secondary N) is 1. The summed E-state index contributed by atoms with van der Waals surface area (Å²) in [4.78, 5) is 26.7. The van der Waals surface area contributed by atoms with Crippen molar-refractivity contribution < 1.29 is 9.59 Å². The fourth-order valence-electron chi connectivity index (χ4n) is 2.90. The van der Waals surface area contributed by atoms with Crippen LogP contribution in [0, 0.1) is 6.92 Å². The molecule has 6 heteroatoms. The third-order valence-corrected chi connectivity index (χ3v) is 5.33. The molecular weight excluding hydrogens is 346 g/mol. The monoisotopic (exact) mass is 369 g/mol. The Kier molecular flexibility index (Phi) is 5.83. The summed E-state index contributed by atoms with van der Waals surface area (Å²) in [5.41, 5.74) is 9.53. The van der Waals surface area contributed by atoms with Crippen LogP contribution in [0.1, 0.15) is 21.5 Å². The van der Waals surface area contributed by atoms with E-state index in [1.54, 1.807) is 18.2 Å². The second-order valence-electron chi connectivity index (χ2n) is 6.40. The van der Waals surface area contributed by atoms with E-state index in [0.29, 0.717) is 11.3 Å². The molecule has 0 atom stereocenters. The molecule has 5 nitrogen and oxygen atoms in total. The van der Waals surface area contributed by atoms with Gasteiger partial charge in [-0.25, -0.2) is 0 Å². The first-order chi connectivity index (χ1) is 12.5. The molecule has 3 N–H and O–H groups in total. The van der Waals surface area contributed by atoms with Crippen LogP contribution >= 0.6 is 11.8 Å². The number of nitrogens with two attached hydrogens (primary N) is 1. The van der Waals surface area contributed by atoms with Crippen molar-refractivity contribution in [2.24, 2.45) is 0 Å². The Hall–Kier alpha value is -2.47. The van der Waals surface area contributed by atoms with Gasteiger partial charge in [-0.1, -0.05) is 12.1 Å². The summed E-state index contributed by atoms with van der Waals surface area (Å²) >= 11 is 1.88. The minimum Gasteiger partial charge on any atom is -0.399 e. The van der Waals surface area contributed by atoms with Crippen LogP contribution in [-0.4, -0.2) is 41.3 Å². The molecule has 2 aromatic rings. The SMILES string of the molecule is Cc1cc(C(=O)N2CCSCC2)ccc1NC(=O)Cc1ccc(N)cc1. The van der Waals surface area contributed by atoms with Gasteiger partial charge in [-0.05, 0) is 48.4 Å². The number of nitrogen functional groups attached to an aromatic ring is 1. The number of hydrogen-bond acceptors (Lipinski definition) is 4. The van der Waals surface area contributed by atoms with Crippen molar-refractivity contribution in [1.82, 2.24) is 4.90 Å². The van der Waals surface area contributed by atoms with Crippen LogP contribution < -0.4 is 11.1 Å². The fraction of sp³-hybridized carbons (Fsp3) is 0.300. The van der Waals surface area contributed by atoms with Crippen molar-refractivity contribution in [1.29, 1.82) is 0 Å². The zero-order valence-corrected chi connectivity index (χ0v) is 15.6. The van der Waals surface area contributed by atoms with Crippen LogP contribution in [0.2, 0.25) is 0 Å². The number of hydrogen-bond donors (Lipinski definition) is 2. The van der Waals surface area contributed by atoms with Crippen molar-refractivity contribution in [3.8, 4) is 0 Å². The maximum absolute atomic E-state index is 12.6. The molecule has 1 saturated heterocycles. The lowest BCUT2D eigenvalue weighted by atomic mass is 10.1. The van der Waals surface area contributed by atoms with Crippen molar-refractivity contribution in [3.63, 3.8) is 0 Å². The van der Waals surface area contributed by atoms with E-state index in [1.807, 2.05) is 47.9 Å². The highest BCUT2D eigenvalue weighted by Gasteiger charge is 2.19. The van der Waals surface area contributed by atoms with E-state index >= 15 is 0 Å². The minimum atomic E-state index is -0.0926. The Morgan fingerprint density at radius 3 is 2.46 bits per heavy atom. The fourth-order valence-corrected chi connectivity index (χ4v) is 3.80. The summed E-state index contributed by atoms with van der Waals surface area (Å²) in [6.07, 6.45) is 0.284. The Morgan fingerprint density at radius 1 is 1.12 bits per heavy atom. The number of benzene rings is 2. The number of nitrogens with zero attached hydrogens (tertiary/aromatic N) is 1. The number of anilines is 2. The normalized spacial score (nSPS) is 14.1. The minimum absolute atomic E-state index is 0.0631. The van der Waals surface area contributed by atoms with Crippen molar-refractivity contribution in [3.05, 3.63) is 59.2 Å². The van der Waals surface area contributed by atoms with Crippen LogP contribution in [-0.2, 0) is 11.2 Å². The Balaban J connectivity index is 1.64. The van der Waals surface area contributed by atoms with Crippen LogP contribution in [0.4, 0.5) is 11.4 Å². The van der Waals surface area contributed by atoms with Gasteiger partial charge in [0.1, 0.15) is 0 Å². The third kappa shape index (κ3) is 4.58. The van der Waals surface area contributed by atoms with E-state index < -0.39 is 0 Å². The highest BCUT2D eigenvalue weighted by atomic mass is 32.2. The highest BCUT2D eigenvalue weighted by molar-refractivity contribution is 7.99. The standard InChI is InChI=1S/C20H23N3O2S/c1-14-12-16(20(25)23-8-10-26-11-9-23)4-7-18(14)22-19(24)13-15-2-5-17(21)6-3-15/h2-7,12H,8-11,13,21H2,1H3,(H,22,24). The zero-order valence-electron chi connectivity index (χ0n) is 14.8. The van der Waals surface area contributed by atoms with Crippen molar-refractivity contribution in [2.45, 2.75) is 13.3 Å². The molecule has 2 aromatic carbocycles. The van der Waals surface area contributed by atoms with Crippen LogP contribution in [0.15, 0.2) is 42.5 Å². The zero-order chi connectivity index (χ0) is 18.5. The molecule has 0 saturated carbocycles. The van der Waals surface area contributed by atoms with E-state index in [9.17, 15) is 9.59 Å². The number of aryl methyl sites for hydroxylation is 1. The maximum Gasteiger partial charge on any atom is 0.253 e. The number of carbonyl (C=O) groups is 2. The predicted molar refractivity (Wildman–Crippen MR) is 108 cm³/mol. The summed E-state index contributed by atoms with van der Waals surface area (Å²) in [5, 5.41) is 2.92. The first-order valence-electron chi connectivity index (χ1n) is 8.65. The van der Waals surface area contributed by atoms with Gasteiger partial charge in [-0.3, -0.25) is 9.59 Å². The lowest BCUT2D eigenvalue weighted by Crippen LogP contribution is -2.37. The lowest BCUT2D eigenvalue weighted by molar-refractivity contribution is -0.115. The summed E-state index contributed by atoms with van der Waals surface area (Å²) < 4.78 is 0. The van der Waals surface area contributed by atoms with Crippen molar-refractivity contribution >= 4 is 35.0 Å². The van der Waals surface area contributed by atoms with E-state index in [-0.39, 0.29) is 18.2 Å². The van der Waals surface area contributed by atoms with Gasteiger partial charge in [0.2, 0.25) is 5.91 Å². The quantitative estimate of drug-likeness (QED) is 0.813. The molecule has 3 rings (SSSR count). The predicted octanol–water partition coefficient (Wildman–Crippen LogP) is 2.95. The molecule has 1 heterocycles. The van der Waals surface area contributed by atoms with Gasteiger partial charge in [0.05, 0.1) is 6.42 Å². The number of thioether (sulfide) groups is 1. The number of amides is 2. The Labute approximate surface area is 157 Å². The van der Waals surface area contributed by atoms with Gasteiger partial charge in [-0.15, -0.1) is 0 Å². The molecule has 0 aromatic heterocycles. The smallest absolute Gasteiger partial charge is 0.253 e. The molecule has 0 bridgehead atoms. The molecule has 2 amide bonds. The second kappa shape index (κ2) is 8.27. The van der Waals surface area contributed by atoms with Crippen molar-refractivity contribution in [2.75, 3.05) is 35.6 Å². The van der Waals surface area contributed by atoms with Gasteiger partial charge in [0.15, 0.2) is 0 Å². The Morgan fingerprint density at radius 2 is 1.81 bits per heavy atom. The maximum atomic E-state index is 12.6. The summed E-state index contributed by atoms with van der Waals surface area (Å²) in [6, 6.07) is 12.7. The largest absolute Gasteiger partial charge is 0.399 e. The topological polar surface area (TPSA) is 75.4 Å². The van der Waals surface area contributed by atoms with Gasteiger partial charge < -0.3 is 16.0 Å². The summed E-state index contributed by atoms with van der Waals surface area (Å²) in [5.74, 6) is 1.95. The molecule has 1 fully saturated rings. The average molecular weight is 369 g/mol. The lowest BCUT2D eigenvalue weighted by Gasteiger charge is -2.26. The first-order valence-corrected chi connectivity index (χ1v) is 9.80. The molecule has 136 valence electrons. The molecular formula is C20H23N3O2S. The molecule has 0 unspecified atom stereocenters. The van der Waals surface area contributed by atoms with Crippen LogP contribution in [0.25, 0.3) is 0 Å². The molecule has 26 heavy (non-hydrogen) atoms. The molecule has 0 spiro atoms. The number of carbonyl (C=O) groups excluding carboxylic acids is 2. The van der Waals surface area contributed by atoms with E-state index in [2.05, 4.69) is 5.32 Å². The average Bonchev–Trinajstić information content (AvgIpc) is 2.65. The second-order valence-corrected chi connectivity index (χ2v) is 7.63. The Bertz CT molecular complexity index is 799.